The third-order valence-electron chi connectivity index (χ3n) is 6.95. The number of hydrogen-bond donors (Lipinski definition) is 0. The molecule has 5 fully saturated rings. The maximum Gasteiger partial charge on any atom is -0.0315 e. The maximum atomic E-state index is 2.54. The van der Waals surface area contributed by atoms with Crippen LogP contribution in [0.4, 0.5) is 0 Å². The smallest absolute Gasteiger partial charge is 0.0315 e. The number of hydrogen-bond acceptors (Lipinski definition) is 0. The molecule has 5 rings (SSSR count). The first kappa shape index (κ1) is 14.9. The Morgan fingerprint density at radius 2 is 1.00 bits per heavy atom. The molecule has 0 amide bonds. The van der Waals surface area contributed by atoms with Gasteiger partial charge in [-0.05, 0) is 73.0 Å². The van der Waals surface area contributed by atoms with E-state index in [0.29, 0.717) is 0 Å². The summed E-state index contributed by atoms with van der Waals surface area (Å²) in [5, 5.41) is 0. The zero-order valence-corrected chi connectivity index (χ0v) is 14.4. The fourth-order valence-corrected chi connectivity index (χ4v) is 6.65. The molecule has 0 aromatic rings. The van der Waals surface area contributed by atoms with Crippen LogP contribution in [0.3, 0.4) is 0 Å². The highest BCUT2D eigenvalue weighted by Gasteiger charge is 2.53. The SMILES string of the molecule is CC12CC3CC(C1)CC(C)(C3)C2.CC1CCC(C)CC1. The van der Waals surface area contributed by atoms with Crippen LogP contribution < -0.4 is 0 Å². The Labute approximate surface area is 127 Å². The minimum absolute atomic E-state index is 0.763. The van der Waals surface area contributed by atoms with Gasteiger partial charge in [-0.1, -0.05) is 53.4 Å². The minimum Gasteiger partial charge on any atom is -0.0625 e. The van der Waals surface area contributed by atoms with Crippen molar-refractivity contribution < 1.29 is 0 Å². The summed E-state index contributed by atoms with van der Waals surface area (Å²) in [5.41, 5.74) is 1.53. The Morgan fingerprint density at radius 3 is 1.30 bits per heavy atom. The fraction of sp³-hybridized carbons (Fsp3) is 1.00. The average molecular weight is 277 g/mol. The lowest BCUT2D eigenvalue weighted by molar-refractivity contribution is -0.0920. The van der Waals surface area contributed by atoms with Gasteiger partial charge in [0.15, 0.2) is 0 Å². The van der Waals surface area contributed by atoms with Crippen molar-refractivity contribution in [2.24, 2.45) is 34.5 Å². The van der Waals surface area contributed by atoms with Gasteiger partial charge in [-0.2, -0.15) is 0 Å². The summed E-state index contributed by atoms with van der Waals surface area (Å²) >= 11 is 0. The summed E-state index contributed by atoms with van der Waals surface area (Å²) in [7, 11) is 0. The second-order valence-electron chi connectivity index (χ2n) is 9.95. The molecule has 0 saturated heterocycles. The van der Waals surface area contributed by atoms with Gasteiger partial charge in [-0.15, -0.1) is 0 Å². The molecular weight excluding hydrogens is 240 g/mol. The second kappa shape index (κ2) is 5.33. The molecule has 116 valence electrons. The van der Waals surface area contributed by atoms with Gasteiger partial charge >= 0.3 is 0 Å². The van der Waals surface area contributed by atoms with Crippen molar-refractivity contribution in [3.8, 4) is 0 Å². The Balaban J connectivity index is 0.000000133. The van der Waals surface area contributed by atoms with Crippen molar-refractivity contribution in [1.82, 2.24) is 0 Å². The molecule has 0 unspecified atom stereocenters. The highest BCUT2D eigenvalue weighted by Crippen LogP contribution is 2.64. The van der Waals surface area contributed by atoms with Gasteiger partial charge in [0, 0.05) is 0 Å². The molecule has 0 heterocycles. The Bertz CT molecular complexity index is 290. The quantitative estimate of drug-likeness (QED) is 0.477. The average Bonchev–Trinajstić information content (AvgIpc) is 2.29. The van der Waals surface area contributed by atoms with E-state index in [9.17, 15) is 0 Å². The predicted octanol–water partition coefficient (Wildman–Crippen LogP) is 6.45. The van der Waals surface area contributed by atoms with Crippen molar-refractivity contribution >= 4 is 0 Å². The van der Waals surface area contributed by atoms with Crippen molar-refractivity contribution in [3.63, 3.8) is 0 Å². The van der Waals surface area contributed by atoms with Crippen LogP contribution >= 0.6 is 0 Å². The van der Waals surface area contributed by atoms with Crippen molar-refractivity contribution in [1.29, 1.82) is 0 Å². The van der Waals surface area contributed by atoms with Gasteiger partial charge in [0.2, 0.25) is 0 Å². The molecule has 20 heavy (non-hydrogen) atoms. The van der Waals surface area contributed by atoms with Crippen LogP contribution in [-0.4, -0.2) is 0 Å². The lowest BCUT2D eigenvalue weighted by atomic mass is 9.45. The molecule has 0 aromatic carbocycles. The molecule has 0 aromatic heterocycles. The Kier molecular flexibility index (Phi) is 3.97. The minimum atomic E-state index is 0.763. The van der Waals surface area contributed by atoms with Crippen LogP contribution in [0, 0.1) is 34.5 Å². The third-order valence-corrected chi connectivity index (χ3v) is 6.95. The van der Waals surface area contributed by atoms with Gasteiger partial charge in [0.05, 0.1) is 0 Å². The third kappa shape index (κ3) is 3.25. The summed E-state index contributed by atoms with van der Waals surface area (Å²) in [5.74, 6) is 4.26. The van der Waals surface area contributed by atoms with Crippen LogP contribution in [-0.2, 0) is 0 Å². The Hall–Kier alpha value is 0. The van der Waals surface area contributed by atoms with E-state index in [-0.39, 0.29) is 0 Å². The van der Waals surface area contributed by atoms with Crippen LogP contribution in [0.1, 0.15) is 91.9 Å². The van der Waals surface area contributed by atoms with Gasteiger partial charge in [-0.3, -0.25) is 0 Å². The summed E-state index contributed by atoms with van der Waals surface area (Å²) < 4.78 is 0. The standard InChI is InChI=1S/C12H20.C8H16/c1-11-4-9-3-10(5-11)7-12(2,6-9)8-11;1-7-3-5-8(2)6-4-7/h9-10H,3-8H2,1-2H3;7-8H,3-6H2,1-2H3. The summed E-state index contributed by atoms with van der Waals surface area (Å²) in [6.45, 7) is 9.82. The molecule has 0 heteroatoms. The van der Waals surface area contributed by atoms with Crippen molar-refractivity contribution in [3.05, 3.63) is 0 Å². The predicted molar refractivity (Wildman–Crippen MR) is 87.7 cm³/mol. The van der Waals surface area contributed by atoms with E-state index in [2.05, 4.69) is 27.7 Å². The molecule has 0 N–H and O–H groups in total. The largest absolute Gasteiger partial charge is 0.0625 e. The zero-order chi connectivity index (χ0) is 14.4. The van der Waals surface area contributed by atoms with E-state index < -0.39 is 0 Å². The van der Waals surface area contributed by atoms with E-state index in [0.717, 1.165) is 34.5 Å². The monoisotopic (exact) mass is 276 g/mol. The molecule has 4 bridgehead atoms. The molecule has 0 nitrogen and oxygen atoms in total. The summed E-state index contributed by atoms with van der Waals surface area (Å²) in [6.07, 6.45) is 15.2. The first-order chi connectivity index (χ1) is 9.36. The molecule has 5 saturated carbocycles. The Morgan fingerprint density at radius 1 is 0.650 bits per heavy atom. The normalized spacial score (nSPS) is 53.4. The van der Waals surface area contributed by atoms with Gasteiger partial charge in [0.1, 0.15) is 0 Å². The van der Waals surface area contributed by atoms with Crippen LogP contribution in [0.25, 0.3) is 0 Å². The van der Waals surface area contributed by atoms with Crippen molar-refractivity contribution in [2.75, 3.05) is 0 Å². The van der Waals surface area contributed by atoms with Crippen LogP contribution in [0.2, 0.25) is 0 Å². The first-order valence-electron chi connectivity index (χ1n) is 9.36. The molecule has 5 aliphatic rings. The van der Waals surface area contributed by atoms with E-state index in [1.54, 1.807) is 32.1 Å². The lowest BCUT2D eigenvalue weighted by Crippen LogP contribution is -2.49. The molecule has 0 radical (unpaired) electrons. The number of rotatable bonds is 0. The molecular formula is C20H36. The van der Waals surface area contributed by atoms with E-state index >= 15 is 0 Å². The first-order valence-corrected chi connectivity index (χ1v) is 9.36. The van der Waals surface area contributed by atoms with Crippen LogP contribution in [0.5, 0.6) is 0 Å². The highest BCUT2D eigenvalue weighted by molar-refractivity contribution is 5.04. The zero-order valence-electron chi connectivity index (χ0n) is 14.4. The van der Waals surface area contributed by atoms with E-state index in [4.69, 9.17) is 0 Å². The van der Waals surface area contributed by atoms with Gasteiger partial charge in [0.25, 0.3) is 0 Å². The lowest BCUT2D eigenvalue weighted by Gasteiger charge is -2.60. The highest BCUT2D eigenvalue weighted by atomic mass is 14.6. The topological polar surface area (TPSA) is 0 Å². The second-order valence-corrected chi connectivity index (χ2v) is 9.95. The van der Waals surface area contributed by atoms with Crippen molar-refractivity contribution in [2.45, 2.75) is 91.9 Å². The van der Waals surface area contributed by atoms with Gasteiger partial charge in [-0.25, -0.2) is 0 Å². The fourth-order valence-electron chi connectivity index (χ4n) is 6.65. The van der Waals surface area contributed by atoms with Gasteiger partial charge < -0.3 is 0 Å². The van der Waals surface area contributed by atoms with E-state index in [1.807, 2.05) is 0 Å². The molecule has 5 aliphatic carbocycles. The summed E-state index contributed by atoms with van der Waals surface area (Å²) in [4.78, 5) is 0. The molecule has 0 spiro atoms. The van der Waals surface area contributed by atoms with E-state index in [1.165, 1.54) is 32.1 Å². The molecule has 0 atom stereocenters. The maximum absolute atomic E-state index is 2.54. The summed E-state index contributed by atoms with van der Waals surface area (Å²) in [6, 6.07) is 0. The molecule has 0 aliphatic heterocycles. The van der Waals surface area contributed by atoms with Crippen LogP contribution in [0.15, 0.2) is 0 Å².